The molecule has 5 nitrogen and oxygen atoms in total. The van der Waals surface area contributed by atoms with Gasteiger partial charge in [-0.25, -0.2) is 4.79 Å². The molecule has 96 valence electrons. The van der Waals surface area contributed by atoms with Crippen molar-refractivity contribution in [2.24, 2.45) is 0 Å². The Bertz CT molecular complexity index is 361. The SMILES string of the molecule is CCOC(=O)c1cn[nH]c1C1CCCNC1.Cl. The quantitative estimate of drug-likeness (QED) is 0.807. The van der Waals surface area contributed by atoms with Gasteiger partial charge in [0.2, 0.25) is 0 Å². The number of nitrogens with zero attached hydrogens (tertiary/aromatic N) is 1. The number of piperidine rings is 1. The third kappa shape index (κ3) is 3.20. The van der Waals surface area contributed by atoms with Crippen molar-refractivity contribution in [3.8, 4) is 0 Å². The van der Waals surface area contributed by atoms with Crippen LogP contribution >= 0.6 is 12.4 Å². The maximum atomic E-state index is 11.7. The number of rotatable bonds is 3. The van der Waals surface area contributed by atoms with Crippen LogP contribution in [0.3, 0.4) is 0 Å². The average molecular weight is 260 g/mol. The average Bonchev–Trinajstić information content (AvgIpc) is 2.79. The number of H-pyrrole nitrogens is 1. The minimum atomic E-state index is -0.281. The fraction of sp³-hybridized carbons (Fsp3) is 0.636. The summed E-state index contributed by atoms with van der Waals surface area (Å²) in [5.41, 5.74) is 1.49. The summed E-state index contributed by atoms with van der Waals surface area (Å²) in [5, 5.41) is 10.2. The van der Waals surface area contributed by atoms with E-state index in [-0.39, 0.29) is 18.4 Å². The highest BCUT2D eigenvalue weighted by molar-refractivity contribution is 5.90. The number of aromatic nitrogens is 2. The van der Waals surface area contributed by atoms with Gasteiger partial charge in [-0.15, -0.1) is 12.4 Å². The van der Waals surface area contributed by atoms with Gasteiger partial charge in [-0.05, 0) is 26.3 Å². The number of carbonyl (C=O) groups excluding carboxylic acids is 1. The van der Waals surface area contributed by atoms with Gasteiger partial charge in [0, 0.05) is 12.5 Å². The molecule has 0 aromatic carbocycles. The summed E-state index contributed by atoms with van der Waals surface area (Å²) in [4.78, 5) is 11.7. The second kappa shape index (κ2) is 6.61. The van der Waals surface area contributed by atoms with Gasteiger partial charge >= 0.3 is 5.97 Å². The van der Waals surface area contributed by atoms with Crippen molar-refractivity contribution in [2.45, 2.75) is 25.7 Å². The fourth-order valence-electron chi connectivity index (χ4n) is 2.08. The Balaban J connectivity index is 0.00000144. The Labute approximate surface area is 107 Å². The van der Waals surface area contributed by atoms with Crippen LogP contribution in [0, 0.1) is 0 Å². The summed E-state index contributed by atoms with van der Waals surface area (Å²) in [6.45, 7) is 4.15. The van der Waals surface area contributed by atoms with E-state index in [1.54, 1.807) is 13.1 Å². The number of ether oxygens (including phenoxy) is 1. The summed E-state index contributed by atoms with van der Waals surface area (Å²) in [7, 11) is 0. The van der Waals surface area contributed by atoms with Crippen LogP contribution in [0.25, 0.3) is 0 Å². The summed E-state index contributed by atoms with van der Waals surface area (Å²) in [6.07, 6.45) is 3.77. The summed E-state index contributed by atoms with van der Waals surface area (Å²) in [6, 6.07) is 0. The van der Waals surface area contributed by atoms with Crippen molar-refractivity contribution in [3.63, 3.8) is 0 Å². The van der Waals surface area contributed by atoms with Crippen LogP contribution in [-0.4, -0.2) is 35.9 Å². The van der Waals surface area contributed by atoms with E-state index in [4.69, 9.17) is 4.74 Å². The van der Waals surface area contributed by atoms with Gasteiger partial charge in [-0.3, -0.25) is 5.10 Å². The molecule has 2 heterocycles. The largest absolute Gasteiger partial charge is 0.462 e. The number of aromatic amines is 1. The van der Waals surface area contributed by atoms with Gasteiger partial charge in [0.1, 0.15) is 5.56 Å². The number of hydrogen-bond acceptors (Lipinski definition) is 4. The highest BCUT2D eigenvalue weighted by Gasteiger charge is 2.23. The molecule has 1 aromatic rings. The molecule has 1 aliphatic heterocycles. The van der Waals surface area contributed by atoms with E-state index in [1.165, 1.54) is 0 Å². The van der Waals surface area contributed by atoms with E-state index in [2.05, 4.69) is 15.5 Å². The lowest BCUT2D eigenvalue weighted by molar-refractivity contribution is 0.0524. The minimum Gasteiger partial charge on any atom is -0.462 e. The molecule has 17 heavy (non-hydrogen) atoms. The first kappa shape index (κ1) is 14.0. The molecule has 0 bridgehead atoms. The third-order valence-electron chi connectivity index (χ3n) is 2.87. The number of esters is 1. The number of carbonyl (C=O) groups is 1. The lowest BCUT2D eigenvalue weighted by atomic mass is 9.94. The zero-order chi connectivity index (χ0) is 11.4. The molecule has 0 spiro atoms. The van der Waals surface area contributed by atoms with Crippen LogP contribution in [0.4, 0.5) is 0 Å². The maximum Gasteiger partial charge on any atom is 0.341 e. The van der Waals surface area contributed by atoms with E-state index in [0.717, 1.165) is 31.6 Å². The Morgan fingerprint density at radius 1 is 1.65 bits per heavy atom. The molecule has 1 unspecified atom stereocenters. The van der Waals surface area contributed by atoms with Gasteiger partial charge in [0.25, 0.3) is 0 Å². The number of hydrogen-bond donors (Lipinski definition) is 2. The topological polar surface area (TPSA) is 67.0 Å². The van der Waals surface area contributed by atoms with Crippen molar-refractivity contribution in [2.75, 3.05) is 19.7 Å². The second-order valence-corrected chi connectivity index (χ2v) is 3.96. The van der Waals surface area contributed by atoms with Crippen molar-refractivity contribution >= 4 is 18.4 Å². The molecule has 2 N–H and O–H groups in total. The van der Waals surface area contributed by atoms with Gasteiger partial charge in [-0.2, -0.15) is 5.10 Å². The van der Waals surface area contributed by atoms with E-state index in [0.29, 0.717) is 18.1 Å². The Morgan fingerprint density at radius 2 is 2.47 bits per heavy atom. The molecule has 1 atom stereocenters. The predicted octanol–water partition coefficient (Wildman–Crippen LogP) is 1.48. The summed E-state index contributed by atoms with van der Waals surface area (Å²) in [5.74, 6) is 0.0625. The first-order valence-corrected chi connectivity index (χ1v) is 5.74. The molecule has 0 amide bonds. The van der Waals surface area contributed by atoms with Crippen LogP contribution in [0.2, 0.25) is 0 Å². The van der Waals surface area contributed by atoms with Gasteiger partial charge in [0.15, 0.2) is 0 Å². The molecular weight excluding hydrogens is 242 g/mol. The Morgan fingerprint density at radius 3 is 3.12 bits per heavy atom. The first-order valence-electron chi connectivity index (χ1n) is 5.74. The maximum absolute atomic E-state index is 11.7. The van der Waals surface area contributed by atoms with E-state index >= 15 is 0 Å². The predicted molar refractivity (Wildman–Crippen MR) is 66.6 cm³/mol. The molecule has 0 saturated carbocycles. The monoisotopic (exact) mass is 259 g/mol. The molecule has 1 saturated heterocycles. The van der Waals surface area contributed by atoms with Crippen LogP contribution in [-0.2, 0) is 4.74 Å². The minimum absolute atomic E-state index is 0. The lowest BCUT2D eigenvalue weighted by Gasteiger charge is -2.22. The highest BCUT2D eigenvalue weighted by Crippen LogP contribution is 2.24. The first-order chi connectivity index (χ1) is 7.83. The molecule has 2 rings (SSSR count). The van der Waals surface area contributed by atoms with Crippen LogP contribution in [0.15, 0.2) is 6.20 Å². The number of halogens is 1. The van der Waals surface area contributed by atoms with E-state index in [1.807, 2.05) is 0 Å². The fourth-order valence-corrected chi connectivity index (χ4v) is 2.08. The third-order valence-corrected chi connectivity index (χ3v) is 2.87. The zero-order valence-corrected chi connectivity index (χ0v) is 10.7. The van der Waals surface area contributed by atoms with Gasteiger partial charge in [0.05, 0.1) is 18.5 Å². The van der Waals surface area contributed by atoms with Gasteiger partial charge < -0.3 is 10.1 Å². The van der Waals surface area contributed by atoms with Crippen LogP contribution < -0.4 is 5.32 Å². The van der Waals surface area contributed by atoms with Crippen molar-refractivity contribution in [3.05, 3.63) is 17.5 Å². The smallest absolute Gasteiger partial charge is 0.341 e. The summed E-state index contributed by atoms with van der Waals surface area (Å²) < 4.78 is 5.00. The normalized spacial score (nSPS) is 19.5. The standard InChI is InChI=1S/C11H17N3O2.ClH/c1-2-16-11(15)9-7-13-14-10(9)8-4-3-5-12-6-8;/h7-8,12H,2-6H2,1H3,(H,13,14);1H. The summed E-state index contributed by atoms with van der Waals surface area (Å²) >= 11 is 0. The zero-order valence-electron chi connectivity index (χ0n) is 9.86. The molecule has 1 aromatic heterocycles. The van der Waals surface area contributed by atoms with Crippen LogP contribution in [0.1, 0.15) is 41.7 Å². The molecule has 1 fully saturated rings. The molecule has 0 aliphatic carbocycles. The van der Waals surface area contributed by atoms with Crippen molar-refractivity contribution in [1.82, 2.24) is 15.5 Å². The van der Waals surface area contributed by atoms with E-state index < -0.39 is 0 Å². The van der Waals surface area contributed by atoms with Gasteiger partial charge in [-0.1, -0.05) is 0 Å². The highest BCUT2D eigenvalue weighted by atomic mass is 35.5. The lowest BCUT2D eigenvalue weighted by Crippen LogP contribution is -2.29. The molecule has 6 heteroatoms. The van der Waals surface area contributed by atoms with Crippen LogP contribution in [0.5, 0.6) is 0 Å². The number of nitrogens with one attached hydrogen (secondary N) is 2. The Kier molecular flexibility index (Phi) is 5.44. The molecule has 0 radical (unpaired) electrons. The van der Waals surface area contributed by atoms with E-state index in [9.17, 15) is 4.79 Å². The molecule has 1 aliphatic rings. The Hall–Kier alpha value is -1.07. The molecular formula is C11H18ClN3O2. The van der Waals surface area contributed by atoms with Crippen molar-refractivity contribution < 1.29 is 9.53 Å². The van der Waals surface area contributed by atoms with Crippen molar-refractivity contribution in [1.29, 1.82) is 0 Å². The second-order valence-electron chi connectivity index (χ2n) is 3.96.